The van der Waals surface area contributed by atoms with Gasteiger partial charge in [0.1, 0.15) is 5.82 Å². The van der Waals surface area contributed by atoms with Crippen LogP contribution in [0.1, 0.15) is 56.6 Å². The van der Waals surface area contributed by atoms with E-state index < -0.39 is 0 Å². The molecule has 4 aromatic rings. The van der Waals surface area contributed by atoms with E-state index in [2.05, 4.69) is 76.9 Å². The maximum atomic E-state index is 4.99. The summed E-state index contributed by atoms with van der Waals surface area (Å²) in [4.78, 5) is 18.3. The first-order chi connectivity index (χ1) is 17.5. The summed E-state index contributed by atoms with van der Waals surface area (Å²) in [5.41, 5.74) is 6.13. The summed E-state index contributed by atoms with van der Waals surface area (Å²) in [5, 5.41) is 2.35. The Hall–Kier alpha value is -2.76. The van der Waals surface area contributed by atoms with Crippen molar-refractivity contribution in [1.29, 1.82) is 0 Å². The highest BCUT2D eigenvalue weighted by molar-refractivity contribution is 5.88. The zero-order valence-electron chi connectivity index (χ0n) is 22.0. The molecule has 1 N–H and O–H groups in total. The van der Waals surface area contributed by atoms with E-state index >= 15 is 0 Å². The van der Waals surface area contributed by atoms with Gasteiger partial charge in [-0.3, -0.25) is 4.98 Å². The monoisotopic (exact) mass is 481 g/mol. The minimum Gasteiger partial charge on any atom is -0.338 e. The summed E-state index contributed by atoms with van der Waals surface area (Å²) >= 11 is 0. The largest absolute Gasteiger partial charge is 0.338 e. The van der Waals surface area contributed by atoms with Crippen molar-refractivity contribution in [1.82, 2.24) is 24.8 Å². The Balaban J connectivity index is 1.14. The molecule has 2 aromatic carbocycles. The Labute approximate surface area is 214 Å². The van der Waals surface area contributed by atoms with Crippen LogP contribution in [-0.4, -0.2) is 63.5 Å². The van der Waals surface area contributed by atoms with E-state index in [4.69, 9.17) is 4.98 Å². The third kappa shape index (κ3) is 4.79. The van der Waals surface area contributed by atoms with Gasteiger partial charge in [0.25, 0.3) is 0 Å². The highest BCUT2D eigenvalue weighted by atomic mass is 15.2. The van der Waals surface area contributed by atoms with Gasteiger partial charge < -0.3 is 14.8 Å². The summed E-state index contributed by atoms with van der Waals surface area (Å²) < 4.78 is 0. The third-order valence-electron chi connectivity index (χ3n) is 8.41. The molecule has 5 nitrogen and oxygen atoms in total. The van der Waals surface area contributed by atoms with Crippen molar-refractivity contribution >= 4 is 21.8 Å². The molecule has 4 heterocycles. The second kappa shape index (κ2) is 9.95. The van der Waals surface area contributed by atoms with Gasteiger partial charge in [-0.1, -0.05) is 32.0 Å². The first-order valence-electron chi connectivity index (χ1n) is 13.8. The molecule has 6 rings (SSSR count). The van der Waals surface area contributed by atoms with Gasteiger partial charge in [-0.05, 0) is 105 Å². The number of piperidine rings is 2. The van der Waals surface area contributed by atoms with E-state index in [0.29, 0.717) is 5.92 Å². The fraction of sp³-hybridized carbons (Fsp3) is 0.484. The molecular weight excluding hydrogens is 442 g/mol. The van der Waals surface area contributed by atoms with Crippen LogP contribution in [0.5, 0.6) is 0 Å². The number of fused-ring (bicyclic) bond motifs is 2. The molecule has 2 aromatic heterocycles. The molecule has 2 aliphatic rings. The van der Waals surface area contributed by atoms with Crippen LogP contribution < -0.4 is 0 Å². The van der Waals surface area contributed by atoms with Crippen LogP contribution in [0, 0.1) is 12.8 Å². The molecule has 0 atom stereocenters. The molecule has 36 heavy (non-hydrogen) atoms. The van der Waals surface area contributed by atoms with Gasteiger partial charge in [0.15, 0.2) is 0 Å². The summed E-state index contributed by atoms with van der Waals surface area (Å²) in [6.07, 6.45) is 8.96. The van der Waals surface area contributed by atoms with Crippen molar-refractivity contribution in [3.63, 3.8) is 0 Å². The Morgan fingerprint density at radius 3 is 2.53 bits per heavy atom. The number of benzene rings is 2. The molecule has 0 bridgehead atoms. The number of aromatic amines is 1. The van der Waals surface area contributed by atoms with Crippen LogP contribution in [0.25, 0.3) is 33.2 Å². The normalized spacial score (nSPS) is 19.1. The number of hydrogen-bond donors (Lipinski definition) is 1. The number of aromatic nitrogens is 3. The Morgan fingerprint density at radius 1 is 0.944 bits per heavy atom. The van der Waals surface area contributed by atoms with Gasteiger partial charge >= 0.3 is 0 Å². The number of H-pyrrole nitrogens is 1. The lowest BCUT2D eigenvalue weighted by atomic mass is 9.87. The Bertz CT molecular complexity index is 1340. The number of nitrogens with zero attached hydrogens (tertiary/aromatic N) is 4. The molecule has 0 amide bonds. The molecule has 2 fully saturated rings. The summed E-state index contributed by atoms with van der Waals surface area (Å²) in [6.45, 7) is 13.1. The average Bonchev–Trinajstić information content (AvgIpc) is 3.34. The van der Waals surface area contributed by atoms with Gasteiger partial charge in [-0.25, -0.2) is 4.98 Å². The molecule has 0 spiro atoms. The molecule has 0 saturated carbocycles. The number of hydrogen-bond acceptors (Lipinski definition) is 4. The van der Waals surface area contributed by atoms with E-state index in [0.717, 1.165) is 39.8 Å². The molecule has 188 valence electrons. The topological polar surface area (TPSA) is 48.0 Å². The van der Waals surface area contributed by atoms with Crippen molar-refractivity contribution in [3.8, 4) is 11.4 Å². The molecule has 0 radical (unpaired) electrons. The molecule has 0 aliphatic carbocycles. The number of imidazole rings is 1. The standard InChI is InChI=1S/C31H39N5/c1-21(2)20-35-12-9-28(10-13-35)36-14-7-23(8-15-36)27-16-22(3)30-29(18-27)33-31(34-30)25-4-5-26-19-32-11-6-24(26)17-25/h4-6,11,16-19,21,23,28H,7-10,12-15,20H2,1-3H3,(H,33,34). The maximum Gasteiger partial charge on any atom is 0.138 e. The van der Waals surface area contributed by atoms with E-state index in [1.165, 1.54) is 74.9 Å². The molecule has 2 aliphatic heterocycles. The Morgan fingerprint density at radius 2 is 1.75 bits per heavy atom. The van der Waals surface area contributed by atoms with Crippen LogP contribution in [-0.2, 0) is 0 Å². The maximum absolute atomic E-state index is 4.99. The highest BCUT2D eigenvalue weighted by Crippen LogP contribution is 2.34. The van der Waals surface area contributed by atoms with Crippen molar-refractivity contribution in [3.05, 3.63) is 59.9 Å². The second-order valence-corrected chi connectivity index (χ2v) is 11.5. The number of aryl methyl sites for hydroxylation is 1. The molecule has 0 unspecified atom stereocenters. The first-order valence-corrected chi connectivity index (χ1v) is 13.8. The van der Waals surface area contributed by atoms with Crippen molar-refractivity contribution in [2.24, 2.45) is 5.92 Å². The van der Waals surface area contributed by atoms with Crippen LogP contribution in [0.3, 0.4) is 0 Å². The number of rotatable bonds is 5. The quantitative estimate of drug-likeness (QED) is 0.359. The van der Waals surface area contributed by atoms with Gasteiger partial charge in [-0.15, -0.1) is 0 Å². The van der Waals surface area contributed by atoms with E-state index in [-0.39, 0.29) is 0 Å². The predicted octanol–water partition coefficient (Wildman–Crippen LogP) is 6.39. The molecular formula is C31H39N5. The third-order valence-corrected chi connectivity index (χ3v) is 8.41. The smallest absolute Gasteiger partial charge is 0.138 e. The average molecular weight is 482 g/mol. The fourth-order valence-corrected chi connectivity index (χ4v) is 6.50. The van der Waals surface area contributed by atoms with Crippen LogP contribution in [0.2, 0.25) is 0 Å². The Kier molecular flexibility index (Phi) is 6.53. The summed E-state index contributed by atoms with van der Waals surface area (Å²) in [6, 6.07) is 14.1. The van der Waals surface area contributed by atoms with E-state index in [1.807, 2.05) is 12.4 Å². The van der Waals surface area contributed by atoms with Gasteiger partial charge in [0.2, 0.25) is 0 Å². The number of pyridine rings is 1. The van der Waals surface area contributed by atoms with Gasteiger partial charge in [0, 0.05) is 35.9 Å². The van der Waals surface area contributed by atoms with Crippen molar-refractivity contribution < 1.29 is 0 Å². The van der Waals surface area contributed by atoms with Gasteiger partial charge in [-0.2, -0.15) is 0 Å². The first kappa shape index (κ1) is 23.6. The predicted molar refractivity (Wildman–Crippen MR) is 149 cm³/mol. The lowest BCUT2D eigenvalue weighted by Gasteiger charge is -2.42. The lowest BCUT2D eigenvalue weighted by molar-refractivity contribution is 0.0828. The van der Waals surface area contributed by atoms with Gasteiger partial charge in [0.05, 0.1) is 11.0 Å². The zero-order valence-corrected chi connectivity index (χ0v) is 22.0. The van der Waals surface area contributed by atoms with Crippen molar-refractivity contribution in [2.75, 3.05) is 32.7 Å². The summed E-state index contributed by atoms with van der Waals surface area (Å²) in [5.74, 6) is 2.36. The van der Waals surface area contributed by atoms with Crippen LogP contribution in [0.15, 0.2) is 48.8 Å². The van der Waals surface area contributed by atoms with E-state index in [9.17, 15) is 0 Å². The summed E-state index contributed by atoms with van der Waals surface area (Å²) in [7, 11) is 0. The SMILES string of the molecule is Cc1cc(C2CCN(C3CCN(CC(C)C)CC3)CC2)cc2[nH]c(-c3ccc4cnccc4c3)nc12. The highest BCUT2D eigenvalue weighted by Gasteiger charge is 2.29. The minimum absolute atomic E-state index is 0.644. The van der Waals surface area contributed by atoms with Crippen LogP contribution >= 0.6 is 0 Å². The second-order valence-electron chi connectivity index (χ2n) is 11.5. The molecule has 2 saturated heterocycles. The molecule has 5 heteroatoms. The zero-order chi connectivity index (χ0) is 24.6. The fourth-order valence-electron chi connectivity index (χ4n) is 6.50. The lowest BCUT2D eigenvalue weighted by Crippen LogP contribution is -2.48. The minimum atomic E-state index is 0.644. The van der Waals surface area contributed by atoms with E-state index in [1.54, 1.807) is 0 Å². The number of nitrogens with one attached hydrogen (secondary N) is 1. The van der Waals surface area contributed by atoms with Crippen molar-refractivity contribution in [2.45, 2.75) is 58.4 Å². The number of likely N-dealkylation sites (tertiary alicyclic amines) is 2. The van der Waals surface area contributed by atoms with Crippen LogP contribution in [0.4, 0.5) is 0 Å².